The van der Waals surface area contributed by atoms with Gasteiger partial charge in [0.1, 0.15) is 18.5 Å². The highest BCUT2D eigenvalue weighted by atomic mass is 35.5. The van der Waals surface area contributed by atoms with Gasteiger partial charge in [-0.1, -0.05) is 29.3 Å². The van der Waals surface area contributed by atoms with Crippen molar-refractivity contribution in [2.75, 3.05) is 44.3 Å². The lowest BCUT2D eigenvalue weighted by Gasteiger charge is -2.30. The molecule has 2 saturated heterocycles. The van der Waals surface area contributed by atoms with E-state index in [4.69, 9.17) is 37.4 Å². The molecule has 7 nitrogen and oxygen atoms in total. The van der Waals surface area contributed by atoms with Crippen LogP contribution in [0.25, 0.3) is 0 Å². The first-order valence-electron chi connectivity index (χ1n) is 11.0. The van der Waals surface area contributed by atoms with Gasteiger partial charge in [-0.2, -0.15) is 0 Å². The van der Waals surface area contributed by atoms with Gasteiger partial charge in [-0.15, -0.1) is 0 Å². The first-order chi connectivity index (χ1) is 16.1. The van der Waals surface area contributed by atoms with Crippen LogP contribution in [0.15, 0.2) is 61.2 Å². The number of benzene rings is 2. The Labute approximate surface area is 203 Å². The Bertz CT molecular complexity index is 1060. The van der Waals surface area contributed by atoms with Gasteiger partial charge >= 0.3 is 0 Å². The summed E-state index contributed by atoms with van der Waals surface area (Å²) < 4.78 is 20.6. The minimum atomic E-state index is -1.05. The van der Waals surface area contributed by atoms with Gasteiger partial charge in [0, 0.05) is 54.8 Å². The molecule has 0 bridgehead atoms. The smallest absolute Gasteiger partial charge is 0.215 e. The summed E-state index contributed by atoms with van der Waals surface area (Å²) >= 11 is 12.6. The van der Waals surface area contributed by atoms with Crippen molar-refractivity contribution in [1.29, 1.82) is 0 Å². The molecule has 0 spiro atoms. The molecule has 2 aliphatic rings. The Morgan fingerprint density at radius 3 is 2.67 bits per heavy atom. The number of imidazole rings is 1. The van der Waals surface area contributed by atoms with Crippen LogP contribution in [0.3, 0.4) is 0 Å². The van der Waals surface area contributed by atoms with Gasteiger partial charge in [0.05, 0.1) is 24.5 Å². The number of piperazine rings is 1. The van der Waals surface area contributed by atoms with Crippen LogP contribution < -0.4 is 15.0 Å². The standard InChI is InChI=1S/C24H26Cl2N4O3/c25-18-1-6-22(23(26)13-18)24(16-29-10-7-28-17-29)32-15-21(33-24)14-31-20-4-2-19(3-5-20)30-11-8-27-9-12-30/h1-7,10,13,17,21,27H,8-9,11-12,14-16H2/t21-,24+/m0/s1. The SMILES string of the molecule is Clc1ccc([C@]2(Cn3ccnc3)OC[C@H](COc3ccc(N4CCNCC4)cc3)O2)c(Cl)c1. The average Bonchev–Trinajstić information content (AvgIpc) is 3.49. The molecule has 0 unspecified atom stereocenters. The lowest BCUT2D eigenvalue weighted by molar-refractivity contribution is -0.189. The minimum Gasteiger partial charge on any atom is -0.491 e. The lowest BCUT2D eigenvalue weighted by Crippen LogP contribution is -2.43. The van der Waals surface area contributed by atoms with Crippen molar-refractivity contribution in [3.8, 4) is 5.75 Å². The minimum absolute atomic E-state index is 0.256. The zero-order chi connectivity index (χ0) is 22.7. The fourth-order valence-electron chi connectivity index (χ4n) is 4.24. The van der Waals surface area contributed by atoms with Gasteiger partial charge in [-0.05, 0) is 36.4 Å². The normalized spacial score (nSPS) is 23.1. The van der Waals surface area contributed by atoms with E-state index in [0.29, 0.717) is 29.8 Å². The highest BCUT2D eigenvalue weighted by Gasteiger charge is 2.45. The van der Waals surface area contributed by atoms with Crippen LogP contribution in [0.4, 0.5) is 5.69 Å². The van der Waals surface area contributed by atoms with E-state index in [1.807, 2.05) is 29.0 Å². The van der Waals surface area contributed by atoms with Crippen LogP contribution in [0.5, 0.6) is 5.75 Å². The van der Waals surface area contributed by atoms with Crippen molar-refractivity contribution in [1.82, 2.24) is 14.9 Å². The van der Waals surface area contributed by atoms with E-state index in [2.05, 4.69) is 27.3 Å². The Hall–Kier alpha value is -2.29. The largest absolute Gasteiger partial charge is 0.491 e. The third-order valence-corrected chi connectivity index (χ3v) is 6.45. The average molecular weight is 489 g/mol. The van der Waals surface area contributed by atoms with E-state index in [1.165, 1.54) is 5.69 Å². The summed E-state index contributed by atoms with van der Waals surface area (Å²) in [5, 5.41) is 4.43. The van der Waals surface area contributed by atoms with Gasteiger partial charge in [0.25, 0.3) is 0 Å². The lowest BCUT2D eigenvalue weighted by atomic mass is 10.1. The molecule has 33 heavy (non-hydrogen) atoms. The number of aromatic nitrogens is 2. The van der Waals surface area contributed by atoms with Crippen molar-refractivity contribution >= 4 is 28.9 Å². The number of nitrogens with one attached hydrogen (secondary N) is 1. The molecule has 3 aromatic rings. The number of nitrogens with zero attached hydrogens (tertiary/aromatic N) is 3. The summed E-state index contributed by atoms with van der Waals surface area (Å²) in [4.78, 5) is 6.50. The number of ether oxygens (including phenoxy) is 3. The number of anilines is 1. The summed E-state index contributed by atoms with van der Waals surface area (Å²) in [5.41, 5.74) is 1.94. The number of rotatable bonds is 7. The van der Waals surface area contributed by atoms with Gasteiger partial charge in [0.2, 0.25) is 5.79 Å². The monoisotopic (exact) mass is 488 g/mol. The van der Waals surface area contributed by atoms with E-state index < -0.39 is 5.79 Å². The van der Waals surface area contributed by atoms with Crippen LogP contribution in [0.1, 0.15) is 5.56 Å². The molecule has 9 heteroatoms. The van der Waals surface area contributed by atoms with Crippen LogP contribution in [0.2, 0.25) is 10.0 Å². The summed E-state index contributed by atoms with van der Waals surface area (Å²) in [7, 11) is 0. The number of hydrogen-bond donors (Lipinski definition) is 1. The Morgan fingerprint density at radius 2 is 1.94 bits per heavy atom. The molecule has 174 valence electrons. The van der Waals surface area contributed by atoms with Crippen molar-refractivity contribution in [3.05, 3.63) is 76.8 Å². The predicted molar refractivity (Wildman–Crippen MR) is 128 cm³/mol. The fourth-order valence-corrected chi connectivity index (χ4v) is 4.79. The van der Waals surface area contributed by atoms with Crippen molar-refractivity contribution in [3.63, 3.8) is 0 Å². The molecule has 3 heterocycles. The third kappa shape index (κ3) is 5.13. The van der Waals surface area contributed by atoms with Gasteiger partial charge < -0.3 is 29.0 Å². The Morgan fingerprint density at radius 1 is 1.12 bits per heavy atom. The molecular formula is C24H26Cl2N4O3. The molecule has 2 aromatic carbocycles. The Kier molecular flexibility index (Phi) is 6.76. The zero-order valence-corrected chi connectivity index (χ0v) is 19.6. The maximum absolute atomic E-state index is 6.53. The molecule has 2 aliphatic heterocycles. The van der Waals surface area contributed by atoms with E-state index in [-0.39, 0.29) is 6.10 Å². The van der Waals surface area contributed by atoms with E-state index >= 15 is 0 Å². The summed E-state index contributed by atoms with van der Waals surface area (Å²) in [6, 6.07) is 13.5. The van der Waals surface area contributed by atoms with Crippen LogP contribution in [-0.4, -0.2) is 55.0 Å². The molecule has 1 N–H and O–H groups in total. The fraction of sp³-hybridized carbons (Fsp3) is 0.375. The third-order valence-electron chi connectivity index (χ3n) is 5.91. The summed E-state index contributed by atoms with van der Waals surface area (Å²) in [6.45, 7) is 5.20. The van der Waals surface area contributed by atoms with Crippen molar-refractivity contribution in [2.45, 2.75) is 18.4 Å². The second-order valence-corrected chi connectivity index (χ2v) is 9.05. The first kappa shape index (κ1) is 22.5. The van der Waals surface area contributed by atoms with Gasteiger partial charge in [0.15, 0.2) is 0 Å². The summed E-state index contributed by atoms with van der Waals surface area (Å²) in [5.74, 6) is -0.253. The molecule has 0 radical (unpaired) electrons. The second kappa shape index (κ2) is 9.91. The highest BCUT2D eigenvalue weighted by molar-refractivity contribution is 6.35. The number of halogens is 2. The predicted octanol–water partition coefficient (Wildman–Crippen LogP) is 3.95. The van der Waals surface area contributed by atoms with Crippen molar-refractivity contribution in [2.24, 2.45) is 0 Å². The van der Waals surface area contributed by atoms with Crippen molar-refractivity contribution < 1.29 is 14.2 Å². The molecule has 1 aromatic heterocycles. The molecule has 0 saturated carbocycles. The first-order valence-corrected chi connectivity index (χ1v) is 11.8. The van der Waals surface area contributed by atoms with Gasteiger partial charge in [-0.3, -0.25) is 0 Å². The van der Waals surface area contributed by atoms with Crippen LogP contribution in [-0.2, 0) is 21.8 Å². The van der Waals surface area contributed by atoms with E-state index in [0.717, 1.165) is 37.5 Å². The molecule has 2 atom stereocenters. The van der Waals surface area contributed by atoms with E-state index in [1.54, 1.807) is 24.7 Å². The summed E-state index contributed by atoms with van der Waals surface area (Å²) in [6.07, 6.45) is 5.05. The van der Waals surface area contributed by atoms with Crippen LogP contribution in [0, 0.1) is 0 Å². The molecule has 5 rings (SSSR count). The van der Waals surface area contributed by atoms with Gasteiger partial charge in [-0.25, -0.2) is 4.98 Å². The maximum Gasteiger partial charge on any atom is 0.215 e. The molecule has 2 fully saturated rings. The maximum atomic E-state index is 6.53. The molecule has 0 aliphatic carbocycles. The molecule has 0 amide bonds. The topological polar surface area (TPSA) is 60.8 Å². The van der Waals surface area contributed by atoms with E-state index in [9.17, 15) is 0 Å². The second-order valence-electron chi connectivity index (χ2n) is 8.20. The Balaban J connectivity index is 1.26. The van der Waals surface area contributed by atoms with Crippen LogP contribution >= 0.6 is 23.2 Å². The molecular weight excluding hydrogens is 463 g/mol. The number of hydrogen-bond acceptors (Lipinski definition) is 6. The quantitative estimate of drug-likeness (QED) is 0.543. The zero-order valence-electron chi connectivity index (χ0n) is 18.1. The highest BCUT2D eigenvalue weighted by Crippen LogP contribution is 2.40.